The fourth-order valence-corrected chi connectivity index (χ4v) is 3.74. The van der Waals surface area contributed by atoms with Crippen LogP contribution in [0.1, 0.15) is 31.3 Å². The number of anilines is 2. The molecule has 0 aliphatic rings. The van der Waals surface area contributed by atoms with Crippen LogP contribution in [0.2, 0.25) is 8.67 Å². The van der Waals surface area contributed by atoms with Gasteiger partial charge >= 0.3 is 0 Å². The molecule has 0 saturated heterocycles. The van der Waals surface area contributed by atoms with Crippen LogP contribution < -0.4 is 16.0 Å². The highest BCUT2D eigenvalue weighted by atomic mass is 35.5. The molecule has 0 radical (unpaired) electrons. The number of aromatic nitrogens is 2. The van der Waals surface area contributed by atoms with E-state index in [2.05, 4.69) is 25.9 Å². The Hall–Kier alpha value is -2.88. The molecule has 0 aliphatic carbocycles. The van der Waals surface area contributed by atoms with Gasteiger partial charge in [0.2, 0.25) is 0 Å². The second-order valence-corrected chi connectivity index (χ2v) is 7.71. The van der Waals surface area contributed by atoms with Gasteiger partial charge in [0.15, 0.2) is 5.69 Å². The Bertz CT molecular complexity index is 1050. The van der Waals surface area contributed by atoms with E-state index in [1.165, 1.54) is 19.4 Å². The van der Waals surface area contributed by atoms with E-state index < -0.39 is 17.7 Å². The smallest absolute Gasteiger partial charge is 0.276 e. The van der Waals surface area contributed by atoms with Crippen molar-refractivity contribution >= 4 is 63.6 Å². The van der Waals surface area contributed by atoms with Gasteiger partial charge in [-0.15, -0.1) is 11.3 Å². The molecule has 0 atom stereocenters. The van der Waals surface area contributed by atoms with Gasteiger partial charge in [0.1, 0.15) is 10.0 Å². The second kappa shape index (κ2) is 8.42. The lowest BCUT2D eigenvalue weighted by molar-refractivity contribution is 0.0943. The Balaban J connectivity index is 1.67. The van der Waals surface area contributed by atoms with E-state index in [-0.39, 0.29) is 17.0 Å². The maximum Gasteiger partial charge on any atom is 0.276 e. The number of benzene rings is 1. The monoisotopic (exact) mass is 437 g/mol. The normalized spacial score (nSPS) is 10.4. The van der Waals surface area contributed by atoms with Crippen LogP contribution in [-0.2, 0) is 0 Å². The first-order valence-electron chi connectivity index (χ1n) is 7.82. The number of carbonyl (C=O) groups is 3. The van der Waals surface area contributed by atoms with Crippen molar-refractivity contribution in [2.75, 3.05) is 17.7 Å². The summed E-state index contributed by atoms with van der Waals surface area (Å²) < 4.78 is 0.722. The summed E-state index contributed by atoms with van der Waals surface area (Å²) in [5.74, 6) is -1.39. The summed E-state index contributed by atoms with van der Waals surface area (Å²) in [6, 6.07) is 7.91. The molecule has 0 aliphatic heterocycles. The molecule has 3 amide bonds. The molecule has 2 aromatic heterocycles. The Kier molecular flexibility index (Phi) is 5.98. The van der Waals surface area contributed by atoms with Gasteiger partial charge in [-0.05, 0) is 30.3 Å². The van der Waals surface area contributed by atoms with E-state index in [1.807, 2.05) is 0 Å². The van der Waals surface area contributed by atoms with Gasteiger partial charge in [-0.25, -0.2) is 4.98 Å². The third-order valence-electron chi connectivity index (χ3n) is 3.61. The van der Waals surface area contributed by atoms with E-state index in [9.17, 15) is 14.4 Å². The van der Waals surface area contributed by atoms with Gasteiger partial charge in [-0.3, -0.25) is 14.4 Å². The zero-order valence-electron chi connectivity index (χ0n) is 14.3. The van der Waals surface area contributed by atoms with E-state index in [4.69, 9.17) is 23.2 Å². The summed E-state index contributed by atoms with van der Waals surface area (Å²) >= 11 is 12.9. The zero-order chi connectivity index (χ0) is 20.3. The SMILES string of the molecule is CNC(=O)c1[nH]cnc1C(=O)Nc1ccc(NC(=O)c2cc(Cl)sc2Cl)cc1. The number of aromatic amines is 1. The lowest BCUT2D eigenvalue weighted by Gasteiger charge is -2.08. The van der Waals surface area contributed by atoms with Gasteiger partial charge in [0.25, 0.3) is 17.7 Å². The van der Waals surface area contributed by atoms with Crippen molar-refractivity contribution in [3.05, 3.63) is 62.3 Å². The van der Waals surface area contributed by atoms with Crippen molar-refractivity contribution < 1.29 is 14.4 Å². The molecule has 0 bridgehead atoms. The minimum atomic E-state index is -0.545. The summed E-state index contributed by atoms with van der Waals surface area (Å²) in [5, 5.41) is 7.75. The third kappa shape index (κ3) is 4.33. The van der Waals surface area contributed by atoms with Crippen LogP contribution >= 0.6 is 34.5 Å². The quantitative estimate of drug-likeness (QED) is 0.487. The number of nitrogens with one attached hydrogen (secondary N) is 4. The van der Waals surface area contributed by atoms with E-state index in [0.717, 1.165) is 11.3 Å². The van der Waals surface area contributed by atoms with Crippen molar-refractivity contribution in [3.63, 3.8) is 0 Å². The Morgan fingerprint density at radius 3 is 2.14 bits per heavy atom. The van der Waals surface area contributed by atoms with E-state index >= 15 is 0 Å². The molecule has 1 aromatic carbocycles. The van der Waals surface area contributed by atoms with Gasteiger partial charge in [-0.2, -0.15) is 0 Å². The molecule has 0 spiro atoms. The molecular formula is C17H13Cl2N5O3S. The molecule has 2 heterocycles. The van der Waals surface area contributed by atoms with Crippen LogP contribution in [0.5, 0.6) is 0 Å². The van der Waals surface area contributed by atoms with Crippen LogP contribution in [0.3, 0.4) is 0 Å². The van der Waals surface area contributed by atoms with E-state index in [0.29, 0.717) is 20.0 Å². The molecule has 4 N–H and O–H groups in total. The summed E-state index contributed by atoms with van der Waals surface area (Å²) in [7, 11) is 1.45. The molecule has 0 fully saturated rings. The largest absolute Gasteiger partial charge is 0.354 e. The number of hydrogen-bond acceptors (Lipinski definition) is 5. The minimum absolute atomic E-state index is 0.0271. The van der Waals surface area contributed by atoms with Crippen molar-refractivity contribution in [2.45, 2.75) is 0 Å². The highest BCUT2D eigenvalue weighted by Crippen LogP contribution is 2.31. The standard InChI is InChI=1S/C17H13Cl2N5O3S/c1-20-16(26)12-13(22-7-21-12)17(27)24-9-4-2-8(3-5-9)23-15(25)10-6-11(18)28-14(10)19/h2-7H,1H3,(H,20,26)(H,21,22)(H,23,25)(H,24,27). The molecule has 3 rings (SSSR count). The van der Waals surface area contributed by atoms with Gasteiger partial charge in [-0.1, -0.05) is 23.2 Å². The van der Waals surface area contributed by atoms with Crippen LogP contribution in [0, 0.1) is 0 Å². The summed E-state index contributed by atoms with van der Waals surface area (Å²) in [6.07, 6.45) is 1.26. The number of amides is 3. The maximum atomic E-state index is 12.3. The Morgan fingerprint density at radius 1 is 1.00 bits per heavy atom. The topological polar surface area (TPSA) is 116 Å². The first kappa shape index (κ1) is 19.9. The van der Waals surface area contributed by atoms with E-state index in [1.54, 1.807) is 24.3 Å². The number of hydrogen-bond donors (Lipinski definition) is 4. The van der Waals surface area contributed by atoms with Crippen molar-refractivity contribution in [2.24, 2.45) is 0 Å². The molecule has 144 valence electrons. The van der Waals surface area contributed by atoms with Crippen molar-refractivity contribution in [1.82, 2.24) is 15.3 Å². The van der Waals surface area contributed by atoms with Gasteiger partial charge in [0.05, 0.1) is 16.2 Å². The average Bonchev–Trinajstić information content (AvgIpc) is 3.29. The number of carbonyl (C=O) groups excluding carboxylic acids is 3. The number of H-pyrrole nitrogens is 1. The second-order valence-electron chi connectivity index (χ2n) is 5.43. The summed E-state index contributed by atoms with van der Waals surface area (Å²) in [4.78, 5) is 42.8. The number of nitrogens with zero attached hydrogens (tertiary/aromatic N) is 1. The number of thiophene rings is 1. The highest BCUT2D eigenvalue weighted by Gasteiger charge is 2.19. The molecule has 0 unspecified atom stereocenters. The fourth-order valence-electron chi connectivity index (χ4n) is 2.29. The van der Waals surface area contributed by atoms with Crippen LogP contribution in [-0.4, -0.2) is 34.7 Å². The number of imidazole rings is 1. The molecular weight excluding hydrogens is 425 g/mol. The van der Waals surface area contributed by atoms with Gasteiger partial charge < -0.3 is 20.9 Å². The number of rotatable bonds is 5. The van der Waals surface area contributed by atoms with Crippen LogP contribution in [0.25, 0.3) is 0 Å². The zero-order valence-corrected chi connectivity index (χ0v) is 16.6. The van der Waals surface area contributed by atoms with Crippen molar-refractivity contribution in [3.8, 4) is 0 Å². The first-order valence-corrected chi connectivity index (χ1v) is 9.39. The van der Waals surface area contributed by atoms with Crippen LogP contribution in [0.4, 0.5) is 11.4 Å². The highest BCUT2D eigenvalue weighted by molar-refractivity contribution is 7.20. The van der Waals surface area contributed by atoms with Gasteiger partial charge in [0, 0.05) is 18.4 Å². The molecule has 8 nitrogen and oxygen atoms in total. The number of halogens is 2. The third-order valence-corrected chi connectivity index (χ3v) is 5.10. The molecule has 28 heavy (non-hydrogen) atoms. The Morgan fingerprint density at radius 2 is 1.61 bits per heavy atom. The lowest BCUT2D eigenvalue weighted by atomic mass is 10.2. The molecule has 11 heteroatoms. The minimum Gasteiger partial charge on any atom is -0.354 e. The fraction of sp³-hybridized carbons (Fsp3) is 0.0588. The first-order chi connectivity index (χ1) is 13.4. The maximum absolute atomic E-state index is 12.3. The Labute approximate surface area is 173 Å². The predicted molar refractivity (Wildman–Crippen MR) is 109 cm³/mol. The average molecular weight is 438 g/mol. The predicted octanol–water partition coefficient (Wildman–Crippen LogP) is 3.64. The lowest BCUT2D eigenvalue weighted by Crippen LogP contribution is -2.23. The summed E-state index contributed by atoms with van der Waals surface area (Å²) in [5.41, 5.74) is 1.29. The molecule has 0 saturated carbocycles. The summed E-state index contributed by atoms with van der Waals surface area (Å²) in [6.45, 7) is 0. The van der Waals surface area contributed by atoms with Crippen molar-refractivity contribution in [1.29, 1.82) is 0 Å². The van der Waals surface area contributed by atoms with Crippen LogP contribution in [0.15, 0.2) is 36.7 Å². The molecule has 3 aromatic rings.